The largest absolute Gasteiger partial charge is 0.391 e. The summed E-state index contributed by atoms with van der Waals surface area (Å²) in [6.07, 6.45) is -0.367. The zero-order chi connectivity index (χ0) is 12.7. The monoisotopic (exact) mass is 238 g/mol. The molecule has 1 aromatic carbocycles. The van der Waals surface area contributed by atoms with Crippen molar-refractivity contribution in [2.75, 3.05) is 13.2 Å². The number of hydrogen-bond donors (Lipinski definition) is 1. The van der Waals surface area contributed by atoms with Crippen LogP contribution in [0.25, 0.3) is 0 Å². The van der Waals surface area contributed by atoms with Gasteiger partial charge in [0, 0.05) is 0 Å². The van der Waals surface area contributed by atoms with E-state index in [2.05, 4.69) is 0 Å². The van der Waals surface area contributed by atoms with Crippen LogP contribution in [0.5, 0.6) is 0 Å². The lowest BCUT2D eigenvalue weighted by molar-refractivity contribution is -0.0535. The Morgan fingerprint density at radius 2 is 1.65 bits per heavy atom. The van der Waals surface area contributed by atoms with Gasteiger partial charge in [-0.1, -0.05) is 30.3 Å². The molecule has 3 nitrogen and oxygen atoms in total. The van der Waals surface area contributed by atoms with Crippen molar-refractivity contribution in [2.24, 2.45) is 0 Å². The topological polar surface area (TPSA) is 38.7 Å². The van der Waals surface area contributed by atoms with E-state index in [4.69, 9.17) is 14.6 Å². The van der Waals surface area contributed by atoms with E-state index in [0.717, 1.165) is 5.56 Å². The highest BCUT2D eigenvalue weighted by atomic mass is 16.5. The predicted molar refractivity (Wildman–Crippen MR) is 67.9 cm³/mol. The Hall–Kier alpha value is -0.900. The maximum absolute atomic E-state index is 9.09. The summed E-state index contributed by atoms with van der Waals surface area (Å²) >= 11 is 0. The van der Waals surface area contributed by atoms with E-state index in [1.54, 1.807) is 6.92 Å². The van der Waals surface area contributed by atoms with Crippen LogP contribution in [-0.4, -0.2) is 30.5 Å². The van der Waals surface area contributed by atoms with E-state index in [1.165, 1.54) is 0 Å². The van der Waals surface area contributed by atoms with Crippen LogP contribution in [0.15, 0.2) is 30.3 Å². The predicted octanol–water partition coefficient (Wildman–Crippen LogP) is 2.55. The Morgan fingerprint density at radius 1 is 1.00 bits per heavy atom. The first kappa shape index (κ1) is 14.2. The number of rotatable bonds is 7. The molecule has 0 bridgehead atoms. The zero-order valence-corrected chi connectivity index (χ0v) is 10.8. The fraction of sp³-hybridized carbons (Fsp3) is 0.571. The van der Waals surface area contributed by atoms with E-state index in [-0.39, 0.29) is 12.2 Å². The van der Waals surface area contributed by atoms with Gasteiger partial charge in [-0.05, 0) is 26.3 Å². The van der Waals surface area contributed by atoms with Gasteiger partial charge < -0.3 is 14.6 Å². The molecule has 96 valence electrons. The quantitative estimate of drug-likeness (QED) is 0.793. The Bertz CT molecular complexity index is 298. The van der Waals surface area contributed by atoms with Gasteiger partial charge in [-0.15, -0.1) is 0 Å². The molecule has 1 aromatic rings. The molecule has 0 aliphatic carbocycles. The summed E-state index contributed by atoms with van der Waals surface area (Å²) in [7, 11) is 0. The van der Waals surface area contributed by atoms with Crippen molar-refractivity contribution in [2.45, 2.75) is 39.1 Å². The molecule has 0 aliphatic heterocycles. The average Bonchev–Trinajstić information content (AvgIpc) is 2.34. The van der Waals surface area contributed by atoms with Crippen LogP contribution in [0.1, 0.15) is 32.4 Å². The standard InChI is InChI=1S/C14H22O3/c1-11(15)9-16-12(2)10-17-13(3)14-7-5-4-6-8-14/h4-8,11-13,15H,9-10H2,1-3H3/t11-,12+,13-/m0/s1. The molecule has 0 saturated carbocycles. The molecule has 0 spiro atoms. The molecular formula is C14H22O3. The molecule has 1 N–H and O–H groups in total. The Kier molecular flexibility index (Phi) is 6.19. The van der Waals surface area contributed by atoms with Crippen LogP contribution in [0.2, 0.25) is 0 Å². The van der Waals surface area contributed by atoms with Gasteiger partial charge in [0.25, 0.3) is 0 Å². The molecule has 0 unspecified atom stereocenters. The lowest BCUT2D eigenvalue weighted by Crippen LogP contribution is -2.22. The molecule has 3 heteroatoms. The Morgan fingerprint density at radius 3 is 2.24 bits per heavy atom. The molecule has 0 fully saturated rings. The summed E-state index contributed by atoms with van der Waals surface area (Å²) in [6.45, 7) is 6.56. The van der Waals surface area contributed by atoms with Crippen LogP contribution < -0.4 is 0 Å². The second-order valence-electron chi connectivity index (χ2n) is 4.38. The number of aliphatic hydroxyl groups excluding tert-OH is 1. The number of aliphatic hydroxyl groups is 1. The summed E-state index contributed by atoms with van der Waals surface area (Å²) in [5.41, 5.74) is 1.16. The molecule has 0 aromatic heterocycles. The van der Waals surface area contributed by atoms with Gasteiger partial charge in [0.05, 0.1) is 31.5 Å². The van der Waals surface area contributed by atoms with E-state index in [9.17, 15) is 0 Å². The van der Waals surface area contributed by atoms with Crippen LogP contribution in [0, 0.1) is 0 Å². The van der Waals surface area contributed by atoms with Crippen molar-refractivity contribution in [1.82, 2.24) is 0 Å². The summed E-state index contributed by atoms with van der Waals surface area (Å²) in [4.78, 5) is 0. The summed E-state index contributed by atoms with van der Waals surface area (Å²) in [5, 5.41) is 9.09. The van der Waals surface area contributed by atoms with Crippen molar-refractivity contribution >= 4 is 0 Å². The van der Waals surface area contributed by atoms with Crippen LogP contribution in [-0.2, 0) is 9.47 Å². The zero-order valence-electron chi connectivity index (χ0n) is 10.8. The van der Waals surface area contributed by atoms with Gasteiger partial charge in [-0.2, -0.15) is 0 Å². The third kappa shape index (κ3) is 5.82. The highest BCUT2D eigenvalue weighted by Crippen LogP contribution is 2.16. The summed E-state index contributed by atoms with van der Waals surface area (Å²) < 4.78 is 11.1. The van der Waals surface area contributed by atoms with Gasteiger partial charge in [-0.25, -0.2) is 0 Å². The summed E-state index contributed by atoms with van der Waals surface area (Å²) in [6, 6.07) is 10.1. The molecular weight excluding hydrogens is 216 g/mol. The first-order valence-corrected chi connectivity index (χ1v) is 6.05. The second kappa shape index (κ2) is 7.43. The second-order valence-corrected chi connectivity index (χ2v) is 4.38. The van der Waals surface area contributed by atoms with Gasteiger partial charge in [0.2, 0.25) is 0 Å². The maximum Gasteiger partial charge on any atom is 0.0798 e. The van der Waals surface area contributed by atoms with Gasteiger partial charge in [-0.3, -0.25) is 0 Å². The van der Waals surface area contributed by atoms with Gasteiger partial charge in [0.15, 0.2) is 0 Å². The fourth-order valence-electron chi connectivity index (χ4n) is 1.45. The van der Waals surface area contributed by atoms with E-state index >= 15 is 0 Å². The van der Waals surface area contributed by atoms with Crippen molar-refractivity contribution in [3.8, 4) is 0 Å². The fourth-order valence-corrected chi connectivity index (χ4v) is 1.45. The van der Waals surface area contributed by atoms with Crippen molar-refractivity contribution in [3.63, 3.8) is 0 Å². The molecule has 3 atom stereocenters. The van der Waals surface area contributed by atoms with Crippen molar-refractivity contribution in [1.29, 1.82) is 0 Å². The Balaban J connectivity index is 2.26. The number of benzene rings is 1. The Labute approximate surface area is 103 Å². The number of hydrogen-bond acceptors (Lipinski definition) is 3. The highest BCUT2D eigenvalue weighted by Gasteiger charge is 2.09. The normalized spacial score (nSPS) is 16.5. The first-order valence-electron chi connectivity index (χ1n) is 6.05. The summed E-state index contributed by atoms with van der Waals surface area (Å²) in [5.74, 6) is 0. The average molecular weight is 238 g/mol. The lowest BCUT2D eigenvalue weighted by Gasteiger charge is -2.18. The molecule has 0 saturated heterocycles. The van der Waals surface area contributed by atoms with Crippen LogP contribution in [0.3, 0.4) is 0 Å². The van der Waals surface area contributed by atoms with Crippen molar-refractivity contribution < 1.29 is 14.6 Å². The molecule has 0 amide bonds. The third-order valence-corrected chi connectivity index (χ3v) is 2.47. The van der Waals surface area contributed by atoms with Crippen molar-refractivity contribution in [3.05, 3.63) is 35.9 Å². The molecule has 0 heterocycles. The third-order valence-electron chi connectivity index (χ3n) is 2.47. The van der Waals surface area contributed by atoms with Gasteiger partial charge in [0.1, 0.15) is 0 Å². The minimum absolute atomic E-state index is 0.00392. The first-order chi connectivity index (χ1) is 8.09. The highest BCUT2D eigenvalue weighted by molar-refractivity contribution is 5.16. The number of ether oxygens (including phenoxy) is 2. The maximum atomic E-state index is 9.09. The van der Waals surface area contributed by atoms with E-state index < -0.39 is 6.10 Å². The minimum atomic E-state index is -0.427. The molecule has 0 radical (unpaired) electrons. The van der Waals surface area contributed by atoms with Crippen LogP contribution in [0.4, 0.5) is 0 Å². The molecule has 17 heavy (non-hydrogen) atoms. The van der Waals surface area contributed by atoms with Crippen LogP contribution >= 0.6 is 0 Å². The smallest absolute Gasteiger partial charge is 0.0798 e. The lowest BCUT2D eigenvalue weighted by atomic mass is 10.1. The van der Waals surface area contributed by atoms with Gasteiger partial charge >= 0.3 is 0 Å². The molecule has 1 rings (SSSR count). The minimum Gasteiger partial charge on any atom is -0.391 e. The SMILES string of the molecule is C[C@H](O)CO[C@H](C)CO[C@@H](C)c1ccccc1. The molecule has 0 aliphatic rings. The van der Waals surface area contributed by atoms with E-state index in [1.807, 2.05) is 44.2 Å². The van der Waals surface area contributed by atoms with E-state index in [0.29, 0.717) is 13.2 Å².